The van der Waals surface area contributed by atoms with Crippen molar-refractivity contribution in [1.82, 2.24) is 10.3 Å². The molecule has 0 amide bonds. The number of hydrogen-bond acceptors (Lipinski definition) is 4. The molecule has 20 heavy (non-hydrogen) atoms. The van der Waals surface area contributed by atoms with Gasteiger partial charge in [-0.3, -0.25) is 4.98 Å². The number of pyridine rings is 1. The lowest BCUT2D eigenvalue weighted by Gasteiger charge is -2.44. The van der Waals surface area contributed by atoms with E-state index in [1.165, 1.54) is 11.3 Å². The lowest BCUT2D eigenvalue weighted by atomic mass is 9.63. The lowest BCUT2D eigenvalue weighted by molar-refractivity contribution is -0.0286. The number of aryl methyl sites for hydroxylation is 1. The zero-order valence-corrected chi connectivity index (χ0v) is 12.9. The van der Waals surface area contributed by atoms with Crippen molar-refractivity contribution in [2.45, 2.75) is 37.3 Å². The third-order valence-electron chi connectivity index (χ3n) is 5.09. The van der Waals surface area contributed by atoms with Gasteiger partial charge in [0.15, 0.2) is 0 Å². The first-order valence-corrected chi connectivity index (χ1v) is 8.06. The lowest BCUT2D eigenvalue weighted by Crippen LogP contribution is -2.52. The molecule has 2 bridgehead atoms. The zero-order chi connectivity index (χ0) is 13.8. The fourth-order valence-corrected chi connectivity index (χ4v) is 4.49. The van der Waals surface area contributed by atoms with E-state index in [0.29, 0.717) is 6.04 Å². The number of aliphatic hydroxyl groups is 1. The zero-order valence-electron chi connectivity index (χ0n) is 11.4. The maximum atomic E-state index is 9.40. The molecule has 1 saturated carbocycles. The Bertz CT molecular complexity index is 543. The molecule has 1 unspecified atom stereocenters. The first kappa shape index (κ1) is 13.2. The molecule has 0 radical (unpaired) electrons. The number of rotatable bonds is 4. The van der Waals surface area contributed by atoms with E-state index in [-0.39, 0.29) is 17.6 Å². The van der Waals surface area contributed by atoms with E-state index < -0.39 is 0 Å². The van der Waals surface area contributed by atoms with Crippen LogP contribution in [0.5, 0.6) is 0 Å². The molecule has 3 heterocycles. The Labute approximate surface area is 127 Å². The van der Waals surface area contributed by atoms with Crippen LogP contribution >= 0.6 is 15.9 Å². The molecule has 2 N–H and O–H groups in total. The standard InChI is InChI=1S/C15H19BrN2O2/c16-11-3-10-1-2-12(13(10)17-4-11)18-7-15-5-14(6-15,8-19)9-20-15/h3-4,12,18-19H,1-2,5-9H2. The summed E-state index contributed by atoms with van der Waals surface area (Å²) in [4.78, 5) is 4.56. The molecular weight excluding hydrogens is 320 g/mol. The average Bonchev–Trinajstić information content (AvgIpc) is 3.06. The highest BCUT2D eigenvalue weighted by molar-refractivity contribution is 9.10. The van der Waals surface area contributed by atoms with E-state index in [0.717, 1.165) is 43.3 Å². The molecule has 5 heteroatoms. The minimum Gasteiger partial charge on any atom is -0.396 e. The highest BCUT2D eigenvalue weighted by atomic mass is 79.9. The van der Waals surface area contributed by atoms with Crippen molar-refractivity contribution < 1.29 is 9.84 Å². The molecular formula is C15H19BrN2O2. The smallest absolute Gasteiger partial charge is 0.0820 e. The maximum Gasteiger partial charge on any atom is 0.0820 e. The minimum atomic E-state index is -0.0269. The summed E-state index contributed by atoms with van der Waals surface area (Å²) in [5, 5.41) is 13.0. The number of aromatic nitrogens is 1. The molecule has 1 aromatic rings. The van der Waals surface area contributed by atoms with Crippen molar-refractivity contribution in [3.05, 3.63) is 28.0 Å². The molecule has 3 fully saturated rings. The first-order chi connectivity index (χ1) is 9.64. The van der Waals surface area contributed by atoms with Crippen LogP contribution in [-0.2, 0) is 11.2 Å². The Morgan fingerprint density at radius 3 is 3.10 bits per heavy atom. The van der Waals surface area contributed by atoms with Gasteiger partial charge in [-0.15, -0.1) is 0 Å². The number of fused-ring (bicyclic) bond motifs is 2. The SMILES string of the molecule is OCC12COC(CNC3CCc4cc(Br)cnc43)(C1)C2. The quantitative estimate of drug-likeness (QED) is 0.881. The van der Waals surface area contributed by atoms with Crippen molar-refractivity contribution in [1.29, 1.82) is 0 Å². The molecule has 0 spiro atoms. The average molecular weight is 339 g/mol. The summed E-state index contributed by atoms with van der Waals surface area (Å²) in [6.07, 6.45) is 6.07. The molecule has 0 aromatic carbocycles. The number of nitrogens with zero attached hydrogens (tertiary/aromatic N) is 1. The van der Waals surface area contributed by atoms with Crippen LogP contribution in [0.25, 0.3) is 0 Å². The maximum absolute atomic E-state index is 9.40. The second kappa shape index (κ2) is 4.50. The summed E-state index contributed by atoms with van der Waals surface area (Å²) in [5.41, 5.74) is 2.58. The van der Waals surface area contributed by atoms with Crippen molar-refractivity contribution in [2.75, 3.05) is 19.8 Å². The molecule has 4 nitrogen and oxygen atoms in total. The van der Waals surface area contributed by atoms with Gasteiger partial charge in [-0.05, 0) is 53.2 Å². The molecule has 2 aliphatic heterocycles. The van der Waals surface area contributed by atoms with Gasteiger partial charge < -0.3 is 15.2 Å². The van der Waals surface area contributed by atoms with Crippen LogP contribution in [0.4, 0.5) is 0 Å². The Morgan fingerprint density at radius 2 is 2.35 bits per heavy atom. The monoisotopic (exact) mass is 338 g/mol. The van der Waals surface area contributed by atoms with E-state index in [9.17, 15) is 5.11 Å². The highest BCUT2D eigenvalue weighted by Crippen LogP contribution is 2.57. The molecule has 2 aliphatic carbocycles. The summed E-state index contributed by atoms with van der Waals surface area (Å²) in [7, 11) is 0. The van der Waals surface area contributed by atoms with Crippen LogP contribution in [0.3, 0.4) is 0 Å². The minimum absolute atomic E-state index is 0.0269. The van der Waals surface area contributed by atoms with E-state index in [4.69, 9.17) is 4.74 Å². The highest BCUT2D eigenvalue weighted by Gasteiger charge is 2.61. The number of nitrogens with one attached hydrogen (secondary N) is 1. The van der Waals surface area contributed by atoms with E-state index in [2.05, 4.69) is 32.3 Å². The van der Waals surface area contributed by atoms with E-state index in [1.807, 2.05) is 6.20 Å². The summed E-state index contributed by atoms with van der Waals surface area (Å²) < 4.78 is 6.98. The predicted molar refractivity (Wildman–Crippen MR) is 78.4 cm³/mol. The summed E-state index contributed by atoms with van der Waals surface area (Å²) >= 11 is 3.48. The Kier molecular flexibility index (Phi) is 2.97. The molecule has 5 rings (SSSR count). The molecule has 4 aliphatic rings. The van der Waals surface area contributed by atoms with Gasteiger partial charge in [0.25, 0.3) is 0 Å². The molecule has 108 valence electrons. The first-order valence-electron chi connectivity index (χ1n) is 7.26. The van der Waals surface area contributed by atoms with Gasteiger partial charge in [-0.1, -0.05) is 0 Å². The van der Waals surface area contributed by atoms with Crippen LogP contribution in [0, 0.1) is 5.41 Å². The Morgan fingerprint density at radius 1 is 1.50 bits per heavy atom. The van der Waals surface area contributed by atoms with Gasteiger partial charge in [-0.2, -0.15) is 0 Å². The number of halogens is 1. The summed E-state index contributed by atoms with van der Waals surface area (Å²) in [5.74, 6) is 0. The van der Waals surface area contributed by atoms with Gasteiger partial charge >= 0.3 is 0 Å². The third kappa shape index (κ3) is 1.95. The van der Waals surface area contributed by atoms with Gasteiger partial charge in [-0.25, -0.2) is 0 Å². The van der Waals surface area contributed by atoms with Gasteiger partial charge in [0.2, 0.25) is 0 Å². The van der Waals surface area contributed by atoms with Crippen molar-refractivity contribution in [3.63, 3.8) is 0 Å². The summed E-state index contributed by atoms with van der Waals surface area (Å²) in [6, 6.07) is 2.52. The van der Waals surface area contributed by atoms with Crippen LogP contribution in [0.2, 0.25) is 0 Å². The fourth-order valence-electron chi connectivity index (χ4n) is 4.11. The van der Waals surface area contributed by atoms with Gasteiger partial charge in [0.05, 0.1) is 30.6 Å². The van der Waals surface area contributed by atoms with Crippen molar-refractivity contribution >= 4 is 15.9 Å². The van der Waals surface area contributed by atoms with E-state index >= 15 is 0 Å². The van der Waals surface area contributed by atoms with Gasteiger partial charge in [0, 0.05) is 22.6 Å². The second-order valence-electron chi connectivity index (χ2n) is 6.65. The second-order valence-corrected chi connectivity index (χ2v) is 7.57. The Balaban J connectivity index is 1.41. The Hall–Kier alpha value is -0.490. The van der Waals surface area contributed by atoms with Gasteiger partial charge in [0.1, 0.15) is 0 Å². The van der Waals surface area contributed by atoms with Crippen LogP contribution in [0.1, 0.15) is 36.6 Å². The largest absolute Gasteiger partial charge is 0.396 e. The van der Waals surface area contributed by atoms with E-state index in [1.54, 1.807) is 0 Å². The molecule has 2 saturated heterocycles. The fraction of sp³-hybridized carbons (Fsp3) is 0.667. The van der Waals surface area contributed by atoms with Crippen LogP contribution < -0.4 is 5.32 Å². The third-order valence-corrected chi connectivity index (χ3v) is 5.52. The number of ether oxygens (including phenoxy) is 1. The molecule has 1 atom stereocenters. The van der Waals surface area contributed by atoms with Crippen molar-refractivity contribution in [2.24, 2.45) is 5.41 Å². The van der Waals surface area contributed by atoms with Crippen LogP contribution in [-0.4, -0.2) is 35.5 Å². The number of aliphatic hydroxyl groups excluding tert-OH is 1. The topological polar surface area (TPSA) is 54.4 Å². The normalized spacial score (nSPS) is 37.8. The predicted octanol–water partition coefficient (Wildman–Crippen LogP) is 1.96. The number of hydrogen-bond donors (Lipinski definition) is 2. The summed E-state index contributed by atoms with van der Waals surface area (Å²) in [6.45, 7) is 1.85. The van der Waals surface area contributed by atoms with Crippen molar-refractivity contribution in [3.8, 4) is 0 Å². The molecule has 1 aromatic heterocycles. The van der Waals surface area contributed by atoms with Crippen LogP contribution in [0.15, 0.2) is 16.7 Å².